The molecule has 0 saturated carbocycles. The average Bonchev–Trinajstić information content (AvgIpc) is 3.25. The first kappa shape index (κ1) is 15.9. The number of rotatable bonds is 2. The maximum Gasteiger partial charge on any atom is 0.231 e. The summed E-state index contributed by atoms with van der Waals surface area (Å²) < 4.78 is 19.5. The third-order valence-electron chi connectivity index (χ3n) is 4.51. The number of amides is 1. The summed E-state index contributed by atoms with van der Waals surface area (Å²) in [5.74, 6) is -1.09. The molecule has 1 amide bonds. The Hall–Kier alpha value is -2.56. The lowest BCUT2D eigenvalue weighted by atomic mass is 9.85. The van der Waals surface area contributed by atoms with Gasteiger partial charge in [0.25, 0.3) is 0 Å². The molecule has 0 spiro atoms. The monoisotopic (exact) mass is 356 g/mol. The van der Waals surface area contributed by atoms with E-state index in [1.54, 1.807) is 30.3 Å². The second kappa shape index (κ2) is 5.76. The van der Waals surface area contributed by atoms with Gasteiger partial charge in [-0.25, -0.2) is 4.39 Å². The molecule has 4 rings (SSSR count). The van der Waals surface area contributed by atoms with Gasteiger partial charge >= 0.3 is 0 Å². The molecule has 2 aliphatic rings. The SMILES string of the molecule is N#CC1=C2SC[C@@](O)(c3ccco3)N2C(=O)C[C@@H]1c1ccccc1F. The zero-order chi connectivity index (χ0) is 17.6. The third kappa shape index (κ3) is 2.29. The van der Waals surface area contributed by atoms with Crippen molar-refractivity contribution in [3.63, 3.8) is 0 Å². The molecule has 1 aromatic carbocycles. The number of nitrogens with zero attached hydrogens (tertiary/aromatic N) is 2. The van der Waals surface area contributed by atoms with Crippen LogP contribution >= 0.6 is 11.8 Å². The van der Waals surface area contributed by atoms with Crippen molar-refractivity contribution in [3.8, 4) is 6.07 Å². The van der Waals surface area contributed by atoms with Crippen molar-refractivity contribution in [1.29, 1.82) is 5.26 Å². The largest absolute Gasteiger partial charge is 0.464 e. The Balaban J connectivity index is 1.85. The first-order chi connectivity index (χ1) is 12.1. The minimum atomic E-state index is -1.64. The minimum Gasteiger partial charge on any atom is -0.464 e. The van der Waals surface area contributed by atoms with Gasteiger partial charge in [0.05, 0.1) is 28.7 Å². The van der Waals surface area contributed by atoms with Crippen LogP contribution in [0.2, 0.25) is 0 Å². The maximum absolute atomic E-state index is 14.2. The van der Waals surface area contributed by atoms with E-state index in [1.165, 1.54) is 29.0 Å². The van der Waals surface area contributed by atoms with Gasteiger partial charge in [-0.05, 0) is 23.8 Å². The van der Waals surface area contributed by atoms with Crippen molar-refractivity contribution in [1.82, 2.24) is 4.90 Å². The summed E-state index contributed by atoms with van der Waals surface area (Å²) >= 11 is 1.20. The second-order valence-electron chi connectivity index (χ2n) is 5.92. The van der Waals surface area contributed by atoms with Crippen molar-refractivity contribution in [2.45, 2.75) is 18.1 Å². The van der Waals surface area contributed by atoms with Crippen LogP contribution in [0.1, 0.15) is 23.7 Å². The number of fused-ring (bicyclic) bond motifs is 1. The Bertz CT molecular complexity index is 919. The van der Waals surface area contributed by atoms with E-state index in [-0.39, 0.29) is 29.4 Å². The fourth-order valence-corrected chi connectivity index (χ4v) is 4.67. The van der Waals surface area contributed by atoms with E-state index in [9.17, 15) is 19.6 Å². The van der Waals surface area contributed by atoms with Gasteiger partial charge in [-0.3, -0.25) is 9.69 Å². The topological polar surface area (TPSA) is 77.5 Å². The Morgan fingerprint density at radius 1 is 1.36 bits per heavy atom. The first-order valence-corrected chi connectivity index (χ1v) is 8.65. The normalized spacial score (nSPS) is 25.9. The number of hydrogen-bond donors (Lipinski definition) is 1. The summed E-state index contributed by atoms with van der Waals surface area (Å²) in [6.07, 6.45) is 1.33. The van der Waals surface area contributed by atoms with E-state index in [2.05, 4.69) is 6.07 Å². The van der Waals surface area contributed by atoms with Gasteiger partial charge in [0.1, 0.15) is 5.82 Å². The predicted octanol–water partition coefficient (Wildman–Crippen LogP) is 3.06. The van der Waals surface area contributed by atoms with E-state index in [0.29, 0.717) is 10.6 Å². The molecule has 1 aromatic heterocycles. The maximum atomic E-state index is 14.2. The number of benzene rings is 1. The van der Waals surface area contributed by atoms with Gasteiger partial charge < -0.3 is 9.52 Å². The van der Waals surface area contributed by atoms with Crippen LogP contribution in [-0.2, 0) is 10.5 Å². The number of hydrogen-bond acceptors (Lipinski definition) is 5. The van der Waals surface area contributed by atoms with E-state index in [0.717, 1.165) is 0 Å². The van der Waals surface area contributed by atoms with E-state index in [4.69, 9.17) is 4.42 Å². The number of carbonyl (C=O) groups is 1. The molecule has 2 aromatic rings. The van der Waals surface area contributed by atoms with Crippen LogP contribution in [0.15, 0.2) is 57.7 Å². The highest BCUT2D eigenvalue weighted by atomic mass is 32.2. The summed E-state index contributed by atoms with van der Waals surface area (Å²) in [4.78, 5) is 14.0. The summed E-state index contributed by atoms with van der Waals surface area (Å²) in [5, 5.41) is 21.0. The molecule has 1 saturated heterocycles. The summed E-state index contributed by atoms with van der Waals surface area (Å²) in [7, 11) is 0. The van der Waals surface area contributed by atoms with Crippen molar-refractivity contribution < 1.29 is 18.7 Å². The molecule has 0 bridgehead atoms. The number of furan rings is 1. The zero-order valence-electron chi connectivity index (χ0n) is 13.0. The first-order valence-electron chi connectivity index (χ1n) is 7.67. The van der Waals surface area contributed by atoms with Crippen LogP contribution < -0.4 is 0 Å². The highest BCUT2D eigenvalue weighted by Crippen LogP contribution is 2.51. The van der Waals surface area contributed by atoms with Crippen LogP contribution in [0.4, 0.5) is 4.39 Å². The van der Waals surface area contributed by atoms with Gasteiger partial charge in [-0.15, -0.1) is 11.8 Å². The third-order valence-corrected chi connectivity index (χ3v) is 5.73. The van der Waals surface area contributed by atoms with Crippen LogP contribution in [-0.4, -0.2) is 21.7 Å². The molecule has 1 N–H and O–H groups in total. The van der Waals surface area contributed by atoms with Crippen molar-refractivity contribution >= 4 is 17.7 Å². The number of nitriles is 1. The standard InChI is InChI=1S/C18H13FN2O3S/c19-14-5-2-1-4-11(14)12-8-16(22)21-17(13(12)9-20)25-10-18(21,23)15-6-3-7-24-15/h1-7,12,23H,8,10H2/t12-,18-/m1/s1. The molecular formula is C18H13FN2O3S. The van der Waals surface area contributed by atoms with E-state index >= 15 is 0 Å². The number of aliphatic hydroxyl groups is 1. The summed E-state index contributed by atoms with van der Waals surface area (Å²) in [6.45, 7) is 0. The molecule has 2 aliphatic heterocycles. The molecule has 25 heavy (non-hydrogen) atoms. The van der Waals surface area contributed by atoms with Gasteiger partial charge in [-0.2, -0.15) is 5.26 Å². The number of halogens is 1. The molecule has 2 atom stereocenters. The lowest BCUT2D eigenvalue weighted by molar-refractivity contribution is -0.152. The quantitative estimate of drug-likeness (QED) is 0.895. The number of carbonyl (C=O) groups excluding carboxylic acids is 1. The average molecular weight is 356 g/mol. The number of allylic oxidation sites excluding steroid dienone is 1. The van der Waals surface area contributed by atoms with Crippen LogP contribution in [0.5, 0.6) is 0 Å². The predicted molar refractivity (Wildman–Crippen MR) is 88.3 cm³/mol. The molecule has 5 nitrogen and oxygen atoms in total. The van der Waals surface area contributed by atoms with Crippen molar-refractivity contribution in [2.24, 2.45) is 0 Å². The van der Waals surface area contributed by atoms with Crippen LogP contribution in [0.3, 0.4) is 0 Å². The molecule has 0 aliphatic carbocycles. The molecule has 1 fully saturated rings. The number of thioether (sulfide) groups is 1. The van der Waals surface area contributed by atoms with Crippen molar-refractivity contribution in [3.05, 3.63) is 70.4 Å². The van der Waals surface area contributed by atoms with Gasteiger partial charge in [0.2, 0.25) is 11.6 Å². The lowest BCUT2D eigenvalue weighted by Crippen LogP contribution is -2.48. The Morgan fingerprint density at radius 3 is 2.84 bits per heavy atom. The molecule has 0 unspecified atom stereocenters. The fourth-order valence-electron chi connectivity index (χ4n) is 3.34. The summed E-state index contributed by atoms with van der Waals surface area (Å²) in [5.41, 5.74) is -1.03. The van der Waals surface area contributed by atoms with Crippen LogP contribution in [0.25, 0.3) is 0 Å². The van der Waals surface area contributed by atoms with Crippen molar-refractivity contribution in [2.75, 3.05) is 5.75 Å². The Labute approximate surface area is 147 Å². The second-order valence-corrected chi connectivity index (χ2v) is 6.88. The summed E-state index contributed by atoms with van der Waals surface area (Å²) in [6, 6.07) is 11.5. The van der Waals surface area contributed by atoms with Gasteiger partial charge in [-0.1, -0.05) is 18.2 Å². The highest BCUT2D eigenvalue weighted by molar-refractivity contribution is 8.03. The minimum absolute atomic E-state index is 0.0864. The van der Waals surface area contributed by atoms with E-state index in [1.807, 2.05) is 0 Å². The van der Waals surface area contributed by atoms with Gasteiger partial charge in [0.15, 0.2) is 5.76 Å². The van der Waals surface area contributed by atoms with E-state index < -0.39 is 17.5 Å². The molecule has 126 valence electrons. The molecule has 7 heteroatoms. The van der Waals surface area contributed by atoms with Crippen LogP contribution in [0, 0.1) is 17.1 Å². The Kier molecular flexibility index (Phi) is 3.67. The zero-order valence-corrected chi connectivity index (χ0v) is 13.8. The molecule has 0 radical (unpaired) electrons. The smallest absolute Gasteiger partial charge is 0.231 e. The Morgan fingerprint density at radius 2 is 2.16 bits per heavy atom. The molecule has 3 heterocycles. The fraction of sp³-hybridized carbons (Fsp3) is 0.222. The molecular weight excluding hydrogens is 343 g/mol. The van der Waals surface area contributed by atoms with Gasteiger partial charge in [0, 0.05) is 12.3 Å². The highest BCUT2D eigenvalue weighted by Gasteiger charge is 2.53. The lowest BCUT2D eigenvalue weighted by Gasteiger charge is -2.36.